The molecule has 0 spiro atoms. The van der Waals surface area contributed by atoms with E-state index in [1.807, 2.05) is 23.1 Å². The fourth-order valence-corrected chi connectivity index (χ4v) is 5.55. The summed E-state index contributed by atoms with van der Waals surface area (Å²) in [4.78, 5) is 28.5. The molecule has 176 valence electrons. The number of carbonyl (C=O) groups is 2. The number of hydrogen-bond donors (Lipinski definition) is 2. The van der Waals surface area contributed by atoms with Gasteiger partial charge in [0.15, 0.2) is 0 Å². The van der Waals surface area contributed by atoms with E-state index in [0.29, 0.717) is 30.8 Å². The van der Waals surface area contributed by atoms with Crippen molar-refractivity contribution in [3.8, 4) is 0 Å². The van der Waals surface area contributed by atoms with Crippen LogP contribution in [-0.4, -0.2) is 32.5 Å². The van der Waals surface area contributed by atoms with Crippen LogP contribution in [0.15, 0.2) is 42.5 Å². The van der Waals surface area contributed by atoms with E-state index >= 15 is 0 Å². The minimum absolute atomic E-state index is 0.0104. The van der Waals surface area contributed by atoms with Crippen molar-refractivity contribution in [1.29, 1.82) is 0 Å². The molecule has 33 heavy (non-hydrogen) atoms. The average molecular weight is 470 g/mol. The lowest BCUT2D eigenvalue weighted by atomic mass is 9.77. The number of anilines is 3. The number of aryl methyl sites for hydroxylation is 1. The van der Waals surface area contributed by atoms with Crippen molar-refractivity contribution >= 4 is 38.9 Å². The standard InChI is InChI=1S/C25H31N3O4S/c1-3-33(31,32)27-22-13-12-19(16-17(22)2)26-24(29)20-9-5-6-10-21(20)25(30)28-15-14-18-8-4-7-11-23(18)28/h4,7-8,11-13,16,20-21,27H,3,5-6,9-10,14-15H2,1-2H3,(H,26,29). The van der Waals surface area contributed by atoms with Crippen molar-refractivity contribution in [2.24, 2.45) is 11.8 Å². The van der Waals surface area contributed by atoms with Gasteiger partial charge in [-0.25, -0.2) is 8.42 Å². The molecule has 0 aromatic heterocycles. The summed E-state index contributed by atoms with van der Waals surface area (Å²) in [5.41, 5.74) is 3.95. The number of hydrogen-bond acceptors (Lipinski definition) is 4. The number of nitrogens with zero attached hydrogens (tertiary/aromatic N) is 1. The Balaban J connectivity index is 1.48. The highest BCUT2D eigenvalue weighted by Gasteiger charge is 2.39. The smallest absolute Gasteiger partial charge is 0.232 e. The van der Waals surface area contributed by atoms with Crippen LogP contribution in [-0.2, 0) is 26.0 Å². The van der Waals surface area contributed by atoms with Gasteiger partial charge in [-0.3, -0.25) is 14.3 Å². The first kappa shape index (κ1) is 23.3. The highest BCUT2D eigenvalue weighted by molar-refractivity contribution is 7.92. The van der Waals surface area contributed by atoms with Gasteiger partial charge in [0.05, 0.1) is 17.4 Å². The summed E-state index contributed by atoms with van der Waals surface area (Å²) in [6, 6.07) is 13.1. The van der Waals surface area contributed by atoms with Gasteiger partial charge in [-0.2, -0.15) is 0 Å². The first-order valence-electron chi connectivity index (χ1n) is 11.6. The number of para-hydroxylation sites is 1. The minimum Gasteiger partial charge on any atom is -0.326 e. The molecular formula is C25H31N3O4S. The van der Waals surface area contributed by atoms with Crippen molar-refractivity contribution < 1.29 is 18.0 Å². The van der Waals surface area contributed by atoms with E-state index in [2.05, 4.69) is 16.1 Å². The number of rotatable bonds is 6. The van der Waals surface area contributed by atoms with E-state index in [4.69, 9.17) is 0 Å². The zero-order chi connectivity index (χ0) is 23.6. The highest BCUT2D eigenvalue weighted by atomic mass is 32.2. The third kappa shape index (κ3) is 5.05. The normalized spacial score (nSPS) is 20.2. The summed E-state index contributed by atoms with van der Waals surface area (Å²) in [7, 11) is -3.37. The van der Waals surface area contributed by atoms with Crippen LogP contribution in [0.5, 0.6) is 0 Å². The SMILES string of the molecule is CCS(=O)(=O)Nc1ccc(NC(=O)C2CCCCC2C(=O)N2CCc3ccccc32)cc1C. The van der Waals surface area contributed by atoms with Crippen molar-refractivity contribution in [3.63, 3.8) is 0 Å². The predicted octanol–water partition coefficient (Wildman–Crippen LogP) is 4.09. The molecule has 2 N–H and O–H groups in total. The molecule has 1 aliphatic carbocycles. The Morgan fingerprint density at radius 1 is 1.06 bits per heavy atom. The first-order valence-corrected chi connectivity index (χ1v) is 13.3. The van der Waals surface area contributed by atoms with Crippen molar-refractivity contribution in [2.45, 2.75) is 46.0 Å². The highest BCUT2D eigenvalue weighted by Crippen LogP contribution is 2.36. The summed E-state index contributed by atoms with van der Waals surface area (Å²) in [6.45, 7) is 4.03. The molecule has 2 aromatic rings. The molecule has 0 bridgehead atoms. The zero-order valence-corrected chi connectivity index (χ0v) is 20.0. The molecule has 4 rings (SSSR count). The molecule has 1 aliphatic heterocycles. The fraction of sp³-hybridized carbons (Fsp3) is 0.440. The lowest BCUT2D eigenvalue weighted by molar-refractivity contribution is -0.132. The molecule has 1 fully saturated rings. The number of benzene rings is 2. The van der Waals surface area contributed by atoms with E-state index < -0.39 is 10.0 Å². The van der Waals surface area contributed by atoms with E-state index in [9.17, 15) is 18.0 Å². The number of sulfonamides is 1. The van der Waals surface area contributed by atoms with Crippen LogP contribution in [0.3, 0.4) is 0 Å². The second kappa shape index (κ2) is 9.55. The molecule has 2 amide bonds. The van der Waals surface area contributed by atoms with Gasteiger partial charge >= 0.3 is 0 Å². The van der Waals surface area contributed by atoms with Crippen LogP contribution in [0.25, 0.3) is 0 Å². The Kier molecular flexibility index (Phi) is 6.74. The molecule has 7 nitrogen and oxygen atoms in total. The average Bonchev–Trinajstić information content (AvgIpc) is 3.24. The predicted molar refractivity (Wildman–Crippen MR) is 131 cm³/mol. The first-order chi connectivity index (χ1) is 15.8. The largest absolute Gasteiger partial charge is 0.326 e. The summed E-state index contributed by atoms with van der Waals surface area (Å²) < 4.78 is 26.3. The monoisotopic (exact) mass is 469 g/mol. The van der Waals surface area contributed by atoms with E-state index in [1.54, 1.807) is 32.0 Å². The van der Waals surface area contributed by atoms with Crippen LogP contribution in [0, 0.1) is 18.8 Å². The summed E-state index contributed by atoms with van der Waals surface area (Å²) in [5.74, 6) is -0.829. The second-order valence-electron chi connectivity index (χ2n) is 8.89. The quantitative estimate of drug-likeness (QED) is 0.666. The number of amides is 2. The van der Waals surface area contributed by atoms with Crippen LogP contribution >= 0.6 is 0 Å². The van der Waals surface area contributed by atoms with E-state index in [1.165, 1.54) is 5.56 Å². The Morgan fingerprint density at radius 2 is 1.79 bits per heavy atom. The van der Waals surface area contributed by atoms with Crippen LogP contribution in [0.2, 0.25) is 0 Å². The Hall–Kier alpha value is -2.87. The minimum atomic E-state index is -3.37. The Labute approximate surface area is 195 Å². The summed E-state index contributed by atoms with van der Waals surface area (Å²) in [6.07, 6.45) is 4.12. The molecule has 1 heterocycles. The molecular weight excluding hydrogens is 438 g/mol. The lowest BCUT2D eigenvalue weighted by Gasteiger charge is -2.32. The van der Waals surface area contributed by atoms with Crippen molar-refractivity contribution in [3.05, 3.63) is 53.6 Å². The van der Waals surface area contributed by atoms with Crippen molar-refractivity contribution in [2.75, 3.05) is 27.2 Å². The van der Waals surface area contributed by atoms with E-state index in [0.717, 1.165) is 30.5 Å². The van der Waals surface area contributed by atoms with Crippen molar-refractivity contribution in [1.82, 2.24) is 0 Å². The van der Waals surface area contributed by atoms with Crippen LogP contribution < -0.4 is 14.9 Å². The molecule has 8 heteroatoms. The van der Waals surface area contributed by atoms with Gasteiger partial charge in [0.1, 0.15) is 0 Å². The maximum absolute atomic E-state index is 13.5. The topological polar surface area (TPSA) is 95.6 Å². The van der Waals surface area contributed by atoms with E-state index in [-0.39, 0.29) is 29.4 Å². The van der Waals surface area contributed by atoms with Gasteiger partial charge in [-0.05, 0) is 68.5 Å². The van der Waals surface area contributed by atoms with Gasteiger partial charge in [0, 0.05) is 23.8 Å². The molecule has 2 aromatic carbocycles. The molecule has 2 unspecified atom stereocenters. The van der Waals surface area contributed by atoms with Gasteiger partial charge in [0.25, 0.3) is 0 Å². The molecule has 0 saturated heterocycles. The maximum atomic E-state index is 13.5. The van der Waals surface area contributed by atoms with Gasteiger partial charge in [0.2, 0.25) is 21.8 Å². The summed E-state index contributed by atoms with van der Waals surface area (Å²) >= 11 is 0. The van der Waals surface area contributed by atoms with Gasteiger partial charge in [-0.1, -0.05) is 31.0 Å². The summed E-state index contributed by atoms with van der Waals surface area (Å²) in [5, 5.41) is 2.96. The number of carbonyl (C=O) groups excluding carboxylic acids is 2. The number of fused-ring (bicyclic) bond motifs is 1. The maximum Gasteiger partial charge on any atom is 0.232 e. The lowest BCUT2D eigenvalue weighted by Crippen LogP contribution is -2.43. The molecule has 1 saturated carbocycles. The molecule has 2 atom stereocenters. The fourth-order valence-electron chi connectivity index (χ4n) is 4.84. The number of nitrogens with one attached hydrogen (secondary N) is 2. The van der Waals surface area contributed by atoms with Crippen LogP contribution in [0.4, 0.5) is 17.1 Å². The Bertz CT molecular complexity index is 1160. The third-order valence-electron chi connectivity index (χ3n) is 6.71. The van der Waals surface area contributed by atoms with Crippen LogP contribution in [0.1, 0.15) is 43.7 Å². The zero-order valence-electron chi connectivity index (χ0n) is 19.1. The third-order valence-corrected chi connectivity index (χ3v) is 8.00. The van der Waals surface area contributed by atoms with Gasteiger partial charge in [-0.15, -0.1) is 0 Å². The van der Waals surface area contributed by atoms with Gasteiger partial charge < -0.3 is 10.2 Å². The molecule has 0 radical (unpaired) electrons. The molecule has 2 aliphatic rings. The Morgan fingerprint density at radius 3 is 2.52 bits per heavy atom. The second-order valence-corrected chi connectivity index (χ2v) is 10.9.